The number of aryl methyl sites for hydroxylation is 2. The molecule has 3 atom stereocenters. The first-order valence-corrected chi connectivity index (χ1v) is 8.22. The van der Waals surface area contributed by atoms with Gasteiger partial charge in [0.15, 0.2) is 6.10 Å². The molecular weight excluding hydrogens is 278 g/mol. The molecule has 0 aliphatic carbocycles. The zero-order valence-electron chi connectivity index (χ0n) is 13.6. The Balaban J connectivity index is 1.76. The van der Waals surface area contributed by atoms with Gasteiger partial charge < -0.3 is 14.7 Å². The molecule has 120 valence electrons. The van der Waals surface area contributed by atoms with E-state index in [4.69, 9.17) is 4.74 Å². The Kier molecular flexibility index (Phi) is 4.13. The number of aliphatic hydroxyl groups excluding tert-OH is 1. The standard InChI is InChI=1S/C18H25NO3/c1-11-8-14-10-17(22-16(14)9-12(11)2)18(21)19-7-5-4-6-15(19)13(3)20/h8-9,13,15,17,20H,4-7,10H2,1-3H3. The zero-order valence-corrected chi connectivity index (χ0v) is 13.6. The molecule has 1 N–H and O–H groups in total. The van der Waals surface area contributed by atoms with E-state index in [-0.39, 0.29) is 11.9 Å². The molecule has 1 aromatic carbocycles. The molecule has 4 nitrogen and oxygen atoms in total. The van der Waals surface area contributed by atoms with Crippen LogP contribution < -0.4 is 4.74 Å². The fourth-order valence-corrected chi connectivity index (χ4v) is 3.57. The van der Waals surface area contributed by atoms with Crippen molar-refractivity contribution in [2.45, 2.75) is 64.7 Å². The van der Waals surface area contributed by atoms with Crippen molar-refractivity contribution >= 4 is 5.91 Å². The predicted molar refractivity (Wildman–Crippen MR) is 85.1 cm³/mol. The second-order valence-corrected chi connectivity index (χ2v) is 6.69. The molecule has 2 aliphatic heterocycles. The third-order valence-corrected chi connectivity index (χ3v) is 5.02. The Bertz CT molecular complexity index is 551. The number of hydrogen-bond acceptors (Lipinski definition) is 3. The van der Waals surface area contributed by atoms with Gasteiger partial charge in [-0.15, -0.1) is 0 Å². The van der Waals surface area contributed by atoms with Gasteiger partial charge in [0.2, 0.25) is 0 Å². The lowest BCUT2D eigenvalue weighted by Crippen LogP contribution is -2.53. The van der Waals surface area contributed by atoms with Gasteiger partial charge in [-0.1, -0.05) is 6.07 Å². The maximum absolute atomic E-state index is 12.8. The normalized spacial score (nSPS) is 25.5. The van der Waals surface area contributed by atoms with E-state index in [0.717, 1.165) is 37.1 Å². The number of ether oxygens (including phenoxy) is 1. The van der Waals surface area contributed by atoms with E-state index in [9.17, 15) is 9.90 Å². The molecule has 0 saturated carbocycles. The summed E-state index contributed by atoms with van der Waals surface area (Å²) in [4.78, 5) is 14.7. The lowest BCUT2D eigenvalue weighted by atomic mass is 9.96. The van der Waals surface area contributed by atoms with Crippen LogP contribution in [0.3, 0.4) is 0 Å². The molecule has 0 spiro atoms. The maximum atomic E-state index is 12.8. The summed E-state index contributed by atoms with van der Waals surface area (Å²) in [5.74, 6) is 0.865. The average molecular weight is 303 g/mol. The van der Waals surface area contributed by atoms with Gasteiger partial charge in [-0.3, -0.25) is 4.79 Å². The molecule has 0 bridgehead atoms. The van der Waals surface area contributed by atoms with E-state index in [1.165, 1.54) is 11.1 Å². The number of aliphatic hydroxyl groups is 1. The van der Waals surface area contributed by atoms with E-state index in [0.29, 0.717) is 6.42 Å². The van der Waals surface area contributed by atoms with Crippen molar-refractivity contribution in [2.75, 3.05) is 6.54 Å². The van der Waals surface area contributed by atoms with Crippen molar-refractivity contribution in [3.63, 3.8) is 0 Å². The van der Waals surface area contributed by atoms with Crippen molar-refractivity contribution in [1.82, 2.24) is 4.90 Å². The number of hydrogen-bond donors (Lipinski definition) is 1. The summed E-state index contributed by atoms with van der Waals surface area (Å²) >= 11 is 0. The van der Waals surface area contributed by atoms with Crippen LogP contribution in [0.4, 0.5) is 0 Å². The highest BCUT2D eigenvalue weighted by atomic mass is 16.5. The molecule has 2 heterocycles. The van der Waals surface area contributed by atoms with Gasteiger partial charge >= 0.3 is 0 Å². The fraction of sp³-hybridized carbons (Fsp3) is 0.611. The average Bonchev–Trinajstić information content (AvgIpc) is 2.89. The predicted octanol–water partition coefficient (Wildman–Crippen LogP) is 2.37. The highest BCUT2D eigenvalue weighted by Gasteiger charge is 2.37. The van der Waals surface area contributed by atoms with Gasteiger partial charge in [0.25, 0.3) is 5.91 Å². The Labute approximate surface area is 132 Å². The van der Waals surface area contributed by atoms with E-state index in [2.05, 4.69) is 19.9 Å². The highest BCUT2D eigenvalue weighted by molar-refractivity contribution is 5.83. The van der Waals surface area contributed by atoms with Crippen LogP contribution in [-0.2, 0) is 11.2 Å². The number of amides is 1. The molecule has 4 heteroatoms. The summed E-state index contributed by atoms with van der Waals surface area (Å²) in [6.07, 6.45) is 2.67. The van der Waals surface area contributed by atoms with E-state index >= 15 is 0 Å². The Morgan fingerprint density at radius 1 is 1.32 bits per heavy atom. The summed E-state index contributed by atoms with van der Waals surface area (Å²) in [5.41, 5.74) is 3.54. The molecule has 22 heavy (non-hydrogen) atoms. The van der Waals surface area contributed by atoms with Crippen LogP contribution in [0.15, 0.2) is 12.1 Å². The molecule has 2 aliphatic rings. The lowest BCUT2D eigenvalue weighted by molar-refractivity contribution is -0.144. The summed E-state index contributed by atoms with van der Waals surface area (Å²) in [7, 11) is 0. The first-order chi connectivity index (χ1) is 10.5. The SMILES string of the molecule is Cc1cc2c(cc1C)OC(C(=O)N1CCCCC1C(C)O)C2. The highest BCUT2D eigenvalue weighted by Crippen LogP contribution is 2.33. The maximum Gasteiger partial charge on any atom is 0.264 e. The third-order valence-electron chi connectivity index (χ3n) is 5.02. The Morgan fingerprint density at radius 2 is 2.05 bits per heavy atom. The lowest BCUT2D eigenvalue weighted by Gasteiger charge is -2.38. The quantitative estimate of drug-likeness (QED) is 0.912. The minimum atomic E-state index is -0.488. The topological polar surface area (TPSA) is 49.8 Å². The van der Waals surface area contributed by atoms with Crippen LogP contribution in [0.5, 0.6) is 5.75 Å². The number of nitrogens with zero attached hydrogens (tertiary/aromatic N) is 1. The van der Waals surface area contributed by atoms with Crippen LogP contribution in [0.2, 0.25) is 0 Å². The van der Waals surface area contributed by atoms with Crippen LogP contribution in [0, 0.1) is 13.8 Å². The van der Waals surface area contributed by atoms with Crippen LogP contribution in [0.1, 0.15) is 42.9 Å². The van der Waals surface area contributed by atoms with E-state index in [1.807, 2.05) is 11.0 Å². The smallest absolute Gasteiger partial charge is 0.264 e. The number of piperidine rings is 1. The summed E-state index contributed by atoms with van der Waals surface area (Å²) in [6, 6.07) is 4.08. The second-order valence-electron chi connectivity index (χ2n) is 6.69. The molecule has 1 amide bonds. The van der Waals surface area contributed by atoms with Gasteiger partial charge in [0, 0.05) is 13.0 Å². The van der Waals surface area contributed by atoms with Gasteiger partial charge in [0.05, 0.1) is 12.1 Å². The molecule has 3 rings (SSSR count). The van der Waals surface area contributed by atoms with Crippen molar-refractivity contribution in [3.8, 4) is 5.75 Å². The number of carbonyl (C=O) groups excluding carboxylic acids is 1. The van der Waals surface area contributed by atoms with Crippen molar-refractivity contribution < 1.29 is 14.6 Å². The van der Waals surface area contributed by atoms with E-state index in [1.54, 1.807) is 6.92 Å². The first kappa shape index (κ1) is 15.3. The molecule has 3 unspecified atom stereocenters. The number of carbonyl (C=O) groups is 1. The fourth-order valence-electron chi connectivity index (χ4n) is 3.57. The Hall–Kier alpha value is -1.55. The van der Waals surface area contributed by atoms with Crippen molar-refractivity contribution in [1.29, 1.82) is 0 Å². The largest absolute Gasteiger partial charge is 0.480 e. The van der Waals surface area contributed by atoms with Gasteiger partial charge in [-0.25, -0.2) is 0 Å². The number of rotatable bonds is 2. The molecule has 1 saturated heterocycles. The minimum Gasteiger partial charge on any atom is -0.480 e. The molecule has 0 radical (unpaired) electrons. The van der Waals surface area contributed by atoms with Gasteiger partial charge in [-0.05, 0) is 62.8 Å². The summed E-state index contributed by atoms with van der Waals surface area (Å²) in [5, 5.41) is 9.95. The number of benzene rings is 1. The zero-order chi connectivity index (χ0) is 15.9. The molecule has 1 fully saturated rings. The molecule has 1 aromatic rings. The van der Waals surface area contributed by atoms with Crippen molar-refractivity contribution in [2.24, 2.45) is 0 Å². The van der Waals surface area contributed by atoms with E-state index < -0.39 is 12.2 Å². The minimum absolute atomic E-state index is 0.0251. The number of fused-ring (bicyclic) bond motifs is 1. The first-order valence-electron chi connectivity index (χ1n) is 8.22. The van der Waals surface area contributed by atoms with Gasteiger partial charge in [0.1, 0.15) is 5.75 Å². The van der Waals surface area contributed by atoms with Crippen LogP contribution in [-0.4, -0.2) is 40.7 Å². The third kappa shape index (κ3) is 2.72. The molecular formula is C18H25NO3. The second kappa shape index (κ2) is 5.92. The van der Waals surface area contributed by atoms with Crippen LogP contribution >= 0.6 is 0 Å². The summed E-state index contributed by atoms with van der Waals surface area (Å²) in [6.45, 7) is 6.64. The molecule has 0 aromatic heterocycles. The van der Waals surface area contributed by atoms with Crippen molar-refractivity contribution in [3.05, 3.63) is 28.8 Å². The van der Waals surface area contributed by atoms with Crippen LogP contribution in [0.25, 0.3) is 0 Å². The van der Waals surface area contributed by atoms with Gasteiger partial charge in [-0.2, -0.15) is 0 Å². The monoisotopic (exact) mass is 303 g/mol. The Morgan fingerprint density at radius 3 is 2.77 bits per heavy atom. The number of likely N-dealkylation sites (tertiary alicyclic amines) is 1. The summed E-state index contributed by atoms with van der Waals surface area (Å²) < 4.78 is 5.91.